The predicted octanol–water partition coefficient (Wildman–Crippen LogP) is 3.35. The molecule has 0 atom stereocenters. The van der Waals surface area contributed by atoms with Crippen molar-refractivity contribution < 1.29 is 9.53 Å². The maximum Gasteiger partial charge on any atom is 0.322 e. The topological polar surface area (TPSA) is 62.1 Å². The SMILES string of the molecule is COc1ccc(Cl)cc1NC(=O)N1CCN(Cc2cc3ccccn3n2)CC1. The fourth-order valence-corrected chi connectivity index (χ4v) is 3.55. The van der Waals surface area contributed by atoms with Crippen LogP contribution in [0.5, 0.6) is 5.75 Å². The number of carbonyl (C=O) groups excluding carboxylic acids is 1. The van der Waals surface area contributed by atoms with Crippen LogP contribution >= 0.6 is 11.6 Å². The molecule has 1 fully saturated rings. The number of benzene rings is 1. The van der Waals surface area contributed by atoms with Crippen molar-refractivity contribution in [3.8, 4) is 5.75 Å². The van der Waals surface area contributed by atoms with Gasteiger partial charge in [0.05, 0.1) is 24.0 Å². The number of carbonyl (C=O) groups is 1. The Morgan fingerprint density at radius 2 is 2.00 bits per heavy atom. The van der Waals surface area contributed by atoms with E-state index < -0.39 is 0 Å². The second kappa shape index (κ2) is 8.08. The van der Waals surface area contributed by atoms with Gasteiger partial charge < -0.3 is 15.0 Å². The third-order valence-electron chi connectivity index (χ3n) is 4.87. The van der Waals surface area contributed by atoms with Gasteiger partial charge in [0.15, 0.2) is 0 Å². The quantitative estimate of drug-likeness (QED) is 0.730. The summed E-state index contributed by atoms with van der Waals surface area (Å²) in [6.07, 6.45) is 1.95. The molecule has 0 aliphatic carbocycles. The summed E-state index contributed by atoms with van der Waals surface area (Å²) < 4.78 is 7.17. The van der Waals surface area contributed by atoms with Gasteiger partial charge in [-0.05, 0) is 36.4 Å². The van der Waals surface area contributed by atoms with E-state index in [0.29, 0.717) is 29.5 Å². The van der Waals surface area contributed by atoms with Gasteiger partial charge in [-0.2, -0.15) is 5.10 Å². The largest absolute Gasteiger partial charge is 0.495 e. The summed E-state index contributed by atoms with van der Waals surface area (Å²) in [7, 11) is 1.57. The van der Waals surface area contributed by atoms with Gasteiger partial charge in [0, 0.05) is 43.9 Å². The van der Waals surface area contributed by atoms with Crippen molar-refractivity contribution in [3.63, 3.8) is 0 Å². The molecule has 8 heteroatoms. The molecule has 1 aliphatic rings. The van der Waals surface area contributed by atoms with Crippen LogP contribution in [0.2, 0.25) is 5.02 Å². The first-order valence-electron chi connectivity index (χ1n) is 9.17. The van der Waals surface area contributed by atoms with Crippen LogP contribution in [-0.2, 0) is 6.54 Å². The number of urea groups is 1. The Morgan fingerprint density at radius 3 is 2.75 bits per heavy atom. The lowest BCUT2D eigenvalue weighted by molar-refractivity contribution is 0.142. The maximum atomic E-state index is 12.6. The molecule has 1 saturated heterocycles. The van der Waals surface area contributed by atoms with E-state index in [2.05, 4.69) is 21.4 Å². The molecule has 3 aromatic rings. The lowest BCUT2D eigenvalue weighted by Crippen LogP contribution is -2.49. The molecule has 28 heavy (non-hydrogen) atoms. The van der Waals surface area contributed by atoms with Crippen molar-refractivity contribution in [2.75, 3.05) is 38.6 Å². The van der Waals surface area contributed by atoms with Gasteiger partial charge in [0.1, 0.15) is 5.75 Å². The van der Waals surface area contributed by atoms with Crippen molar-refractivity contribution in [2.24, 2.45) is 0 Å². The Hall–Kier alpha value is -2.77. The predicted molar refractivity (Wildman–Crippen MR) is 109 cm³/mol. The minimum Gasteiger partial charge on any atom is -0.495 e. The summed E-state index contributed by atoms with van der Waals surface area (Å²) >= 11 is 6.03. The molecule has 0 radical (unpaired) electrons. The number of aromatic nitrogens is 2. The standard InChI is InChI=1S/C20H22ClN5O2/c1-28-19-6-5-15(21)12-18(19)22-20(27)25-10-8-24(9-11-25)14-16-13-17-4-2-3-7-26(17)23-16/h2-7,12-13H,8-11,14H2,1H3,(H,22,27). The van der Waals surface area contributed by atoms with Crippen LogP contribution in [0.3, 0.4) is 0 Å². The first kappa shape index (κ1) is 18.6. The highest BCUT2D eigenvalue weighted by Gasteiger charge is 2.22. The van der Waals surface area contributed by atoms with Gasteiger partial charge in [-0.1, -0.05) is 17.7 Å². The van der Waals surface area contributed by atoms with Gasteiger partial charge >= 0.3 is 6.03 Å². The molecule has 0 saturated carbocycles. The third-order valence-corrected chi connectivity index (χ3v) is 5.10. The Labute approximate surface area is 168 Å². The molecule has 7 nitrogen and oxygen atoms in total. The number of fused-ring (bicyclic) bond motifs is 1. The first-order valence-corrected chi connectivity index (χ1v) is 9.55. The van der Waals surface area contributed by atoms with E-state index in [-0.39, 0.29) is 6.03 Å². The van der Waals surface area contributed by atoms with Crippen molar-refractivity contribution in [2.45, 2.75) is 6.54 Å². The fourth-order valence-electron chi connectivity index (χ4n) is 3.38. The number of hydrogen-bond acceptors (Lipinski definition) is 4. The van der Waals surface area contributed by atoms with Crippen LogP contribution in [0.25, 0.3) is 5.52 Å². The van der Waals surface area contributed by atoms with Crippen LogP contribution in [0.15, 0.2) is 48.7 Å². The number of nitrogens with one attached hydrogen (secondary N) is 1. The number of hydrogen-bond donors (Lipinski definition) is 1. The third kappa shape index (κ3) is 4.05. The molecular weight excluding hydrogens is 378 g/mol. The average molecular weight is 400 g/mol. The highest BCUT2D eigenvalue weighted by atomic mass is 35.5. The Bertz CT molecular complexity index is 949. The van der Waals surface area contributed by atoms with E-state index >= 15 is 0 Å². The van der Waals surface area contributed by atoms with Crippen molar-refractivity contribution in [3.05, 3.63) is 59.4 Å². The van der Waals surface area contributed by atoms with E-state index in [4.69, 9.17) is 16.3 Å². The van der Waals surface area contributed by atoms with E-state index in [1.807, 2.05) is 28.9 Å². The zero-order valence-corrected chi connectivity index (χ0v) is 16.4. The summed E-state index contributed by atoms with van der Waals surface area (Å²) in [6, 6.07) is 13.1. The number of anilines is 1. The molecular formula is C20H22ClN5O2. The zero-order valence-electron chi connectivity index (χ0n) is 15.6. The van der Waals surface area contributed by atoms with Crippen LogP contribution in [-0.4, -0.2) is 58.7 Å². The second-order valence-electron chi connectivity index (χ2n) is 6.74. The number of pyridine rings is 1. The smallest absolute Gasteiger partial charge is 0.322 e. The van der Waals surface area contributed by atoms with Crippen molar-refractivity contribution in [1.29, 1.82) is 0 Å². The molecule has 0 bridgehead atoms. The van der Waals surface area contributed by atoms with E-state index in [0.717, 1.165) is 30.8 Å². The number of halogens is 1. The Balaban J connectivity index is 1.33. The van der Waals surface area contributed by atoms with Gasteiger partial charge in [-0.25, -0.2) is 9.31 Å². The molecule has 2 amide bonds. The summed E-state index contributed by atoms with van der Waals surface area (Å²) in [4.78, 5) is 16.7. The second-order valence-corrected chi connectivity index (χ2v) is 7.18. The van der Waals surface area contributed by atoms with E-state index in [1.165, 1.54) is 0 Å². The molecule has 1 aromatic carbocycles. The van der Waals surface area contributed by atoms with Gasteiger partial charge in [0.2, 0.25) is 0 Å². The van der Waals surface area contributed by atoms with Crippen molar-refractivity contribution in [1.82, 2.24) is 19.4 Å². The Morgan fingerprint density at radius 1 is 1.18 bits per heavy atom. The monoisotopic (exact) mass is 399 g/mol. The summed E-state index contributed by atoms with van der Waals surface area (Å²) in [5.41, 5.74) is 2.70. The molecule has 0 spiro atoms. The van der Waals surface area contributed by atoms with Crippen LogP contribution in [0.4, 0.5) is 10.5 Å². The molecule has 0 unspecified atom stereocenters. The van der Waals surface area contributed by atoms with Gasteiger partial charge in [0.25, 0.3) is 0 Å². The first-order chi connectivity index (χ1) is 13.6. The number of amides is 2. The Kier molecular flexibility index (Phi) is 5.36. The van der Waals surface area contributed by atoms with Gasteiger partial charge in [-0.15, -0.1) is 0 Å². The molecule has 4 rings (SSSR count). The van der Waals surface area contributed by atoms with E-state index in [9.17, 15) is 4.79 Å². The molecule has 2 aromatic heterocycles. The van der Waals surface area contributed by atoms with Crippen LogP contribution in [0, 0.1) is 0 Å². The summed E-state index contributed by atoms with van der Waals surface area (Å²) in [5, 5.41) is 8.05. The lowest BCUT2D eigenvalue weighted by Gasteiger charge is -2.34. The number of nitrogens with zero attached hydrogens (tertiary/aromatic N) is 4. The maximum absolute atomic E-state index is 12.6. The minimum absolute atomic E-state index is 0.145. The van der Waals surface area contributed by atoms with Gasteiger partial charge in [-0.3, -0.25) is 4.90 Å². The number of rotatable bonds is 4. The van der Waals surface area contributed by atoms with Crippen molar-refractivity contribution >= 4 is 28.8 Å². The molecule has 146 valence electrons. The fraction of sp³-hybridized carbons (Fsp3) is 0.300. The highest BCUT2D eigenvalue weighted by Crippen LogP contribution is 2.28. The average Bonchev–Trinajstić information content (AvgIpc) is 3.11. The minimum atomic E-state index is -0.145. The van der Waals surface area contributed by atoms with Crippen LogP contribution < -0.4 is 10.1 Å². The number of piperazine rings is 1. The lowest BCUT2D eigenvalue weighted by atomic mass is 10.2. The molecule has 1 N–H and O–H groups in total. The number of ether oxygens (including phenoxy) is 1. The highest BCUT2D eigenvalue weighted by molar-refractivity contribution is 6.31. The zero-order chi connectivity index (χ0) is 19.5. The normalized spacial score (nSPS) is 15.0. The van der Waals surface area contributed by atoms with E-state index in [1.54, 1.807) is 30.2 Å². The summed E-state index contributed by atoms with van der Waals surface area (Å²) in [5.74, 6) is 0.586. The molecule has 3 heterocycles. The summed E-state index contributed by atoms with van der Waals surface area (Å²) in [6.45, 7) is 3.69. The van der Waals surface area contributed by atoms with Crippen LogP contribution in [0.1, 0.15) is 5.69 Å². The number of methoxy groups -OCH3 is 1. The molecule has 1 aliphatic heterocycles.